The Morgan fingerprint density at radius 2 is 1.28 bits per heavy atom. The molecule has 6 atom stereocenters. The maximum atomic E-state index is 14.4. The predicted molar refractivity (Wildman–Crippen MR) is 241 cm³/mol. The van der Waals surface area contributed by atoms with E-state index < -0.39 is 77.6 Å². The van der Waals surface area contributed by atoms with Crippen LogP contribution in [0.3, 0.4) is 0 Å². The lowest BCUT2D eigenvalue weighted by molar-refractivity contribution is -0.135. The number of carbonyl (C=O) groups excluding carboxylic acids is 9. The summed E-state index contributed by atoms with van der Waals surface area (Å²) in [5.74, 6) is -6.06. The van der Waals surface area contributed by atoms with Crippen molar-refractivity contribution in [3.63, 3.8) is 0 Å². The summed E-state index contributed by atoms with van der Waals surface area (Å²) < 4.78 is 0. The van der Waals surface area contributed by atoms with Crippen molar-refractivity contribution in [2.45, 2.75) is 127 Å². The first-order chi connectivity index (χ1) is 31.0. The van der Waals surface area contributed by atoms with Gasteiger partial charge in [0.25, 0.3) is 0 Å². The number of amides is 7. The number of para-hydroxylation sites is 1. The number of nitrogens with two attached hydrogens (primary N) is 3. The van der Waals surface area contributed by atoms with Crippen molar-refractivity contribution in [1.29, 1.82) is 0 Å². The van der Waals surface area contributed by atoms with Gasteiger partial charge in [-0.3, -0.25) is 48.1 Å². The number of fused-ring (bicyclic) bond motifs is 1. The highest BCUT2D eigenvalue weighted by Gasteiger charge is 2.34. The first-order valence-electron chi connectivity index (χ1n) is 21.7. The Kier molecular flexibility index (Phi) is 19.6. The minimum absolute atomic E-state index is 0.0139. The standard InChI is InChI=1S/C45H61N11O9/c1-26(57)32-15-8-6-13-30(59)18-19-35(51-27(2)58)41(62)54-36(20-21-39(46)60)42(63)55-37(23-28-11-4-3-5-12-28)43(64)53-34(17-10-22-49-45(47)48)40(61)56-38(44(65)52-32)24-29-25-50-33-16-9-7-14-31(29)33/h3-5,7,9,11-12,14,16,25,32,34-38,50H,6,8,10,13,15,17-24H2,1-2H3,(H2,46,60)(H,51,58)(H,52,65)(H,53,64)(H,54,62)(H,55,63)(H,56,61)(H4,47,48,49)/t32-,34-,35-,36-,37+,38-/m0/s1. The van der Waals surface area contributed by atoms with Crippen LogP contribution in [0.4, 0.5) is 0 Å². The Labute approximate surface area is 376 Å². The number of guanidine groups is 1. The molecule has 1 fully saturated rings. The van der Waals surface area contributed by atoms with Crippen molar-refractivity contribution < 1.29 is 43.2 Å². The third kappa shape index (κ3) is 16.8. The molecule has 0 aliphatic carbocycles. The number of rotatable bonds is 13. The van der Waals surface area contributed by atoms with Gasteiger partial charge in [-0.1, -0.05) is 55.0 Å². The molecule has 0 spiro atoms. The molecule has 20 nitrogen and oxygen atoms in total. The molecule has 13 N–H and O–H groups in total. The van der Waals surface area contributed by atoms with Gasteiger partial charge in [-0.05, 0) is 62.6 Å². The molecule has 4 rings (SSSR count). The normalized spacial score (nSPS) is 22.3. The zero-order chi connectivity index (χ0) is 47.5. The summed E-state index contributed by atoms with van der Waals surface area (Å²) in [5.41, 5.74) is 18.6. The SMILES string of the molecule is CC(=O)N[C@H]1CCC(=O)CCCC[C@@H](C(C)=O)NC(=O)[C@H](Cc2c[nH]c3ccccc23)NC(=O)[C@H](CCCN=C(N)N)NC(=O)[C@@H](Cc2ccccc2)NC(=O)[C@H](CCC(N)=O)NC1=O. The second-order valence-electron chi connectivity index (χ2n) is 16.2. The molecule has 0 bridgehead atoms. The van der Waals surface area contributed by atoms with Crippen LogP contribution in [0.1, 0.15) is 89.2 Å². The van der Waals surface area contributed by atoms with Crippen molar-refractivity contribution in [2.75, 3.05) is 6.54 Å². The fraction of sp³-hybridized carbons (Fsp3) is 0.467. The van der Waals surface area contributed by atoms with Gasteiger partial charge in [0.1, 0.15) is 36.0 Å². The third-order valence-corrected chi connectivity index (χ3v) is 10.9. The van der Waals surface area contributed by atoms with Crippen LogP contribution < -0.4 is 49.1 Å². The molecular weight excluding hydrogens is 839 g/mol. The molecule has 2 aromatic carbocycles. The lowest BCUT2D eigenvalue weighted by Crippen LogP contribution is -2.60. The van der Waals surface area contributed by atoms with E-state index in [1.165, 1.54) is 13.8 Å². The summed E-state index contributed by atoms with van der Waals surface area (Å²) in [7, 11) is 0. The smallest absolute Gasteiger partial charge is 0.243 e. The summed E-state index contributed by atoms with van der Waals surface area (Å²) in [4.78, 5) is 128. The number of H-pyrrole nitrogens is 1. The Morgan fingerprint density at radius 3 is 1.94 bits per heavy atom. The summed E-state index contributed by atoms with van der Waals surface area (Å²) in [6, 6.07) is 8.43. The zero-order valence-corrected chi connectivity index (χ0v) is 36.8. The number of benzene rings is 2. The molecule has 1 saturated heterocycles. The Morgan fingerprint density at radius 1 is 0.677 bits per heavy atom. The lowest BCUT2D eigenvalue weighted by atomic mass is 9.99. The fourth-order valence-electron chi connectivity index (χ4n) is 7.47. The Balaban J connectivity index is 1.77. The van der Waals surface area contributed by atoms with Crippen molar-refractivity contribution in [3.8, 4) is 0 Å². The molecule has 65 heavy (non-hydrogen) atoms. The summed E-state index contributed by atoms with van der Waals surface area (Å²) in [6.07, 6.45) is 1.86. The van der Waals surface area contributed by atoms with E-state index in [4.69, 9.17) is 17.2 Å². The second kappa shape index (κ2) is 25.2. The van der Waals surface area contributed by atoms with Crippen molar-refractivity contribution in [3.05, 3.63) is 71.9 Å². The molecule has 1 aromatic heterocycles. The summed E-state index contributed by atoms with van der Waals surface area (Å²) in [5, 5.41) is 16.9. The van der Waals surface area contributed by atoms with Crippen molar-refractivity contribution >= 4 is 69.8 Å². The molecule has 350 valence electrons. The quantitative estimate of drug-likeness (QED) is 0.0604. The number of primary amides is 1. The highest BCUT2D eigenvalue weighted by molar-refractivity contribution is 5.98. The Bertz CT molecular complexity index is 2210. The largest absolute Gasteiger partial charge is 0.370 e. The van der Waals surface area contributed by atoms with Gasteiger partial charge in [-0.2, -0.15) is 0 Å². The van der Waals surface area contributed by atoms with Crippen LogP contribution in [0, 0.1) is 0 Å². The number of aromatic amines is 1. The topological polar surface area (TPSA) is 332 Å². The number of hydrogen-bond acceptors (Lipinski definition) is 10. The Hall–Kier alpha value is -7.12. The maximum Gasteiger partial charge on any atom is 0.243 e. The van der Waals surface area contributed by atoms with Crippen LogP contribution in [0.2, 0.25) is 0 Å². The maximum absolute atomic E-state index is 14.4. The number of carbonyl (C=O) groups is 9. The van der Waals surface area contributed by atoms with Crippen LogP contribution in [0.5, 0.6) is 0 Å². The number of nitrogens with zero attached hydrogens (tertiary/aromatic N) is 1. The predicted octanol–water partition coefficient (Wildman–Crippen LogP) is -0.287. The molecule has 7 amide bonds. The molecule has 0 saturated carbocycles. The molecule has 2 heterocycles. The van der Waals surface area contributed by atoms with E-state index >= 15 is 0 Å². The first kappa shape index (κ1) is 50.5. The number of Topliss-reactive ketones (excluding diaryl/α,β-unsaturated/α-hetero) is 2. The average Bonchev–Trinajstić information content (AvgIpc) is 3.67. The van der Waals surface area contributed by atoms with Gasteiger partial charge in [-0.15, -0.1) is 0 Å². The van der Waals surface area contributed by atoms with E-state index in [1.807, 2.05) is 24.3 Å². The van der Waals surface area contributed by atoms with Crippen LogP contribution in [-0.4, -0.2) is 107 Å². The van der Waals surface area contributed by atoms with E-state index in [0.717, 1.165) is 10.9 Å². The number of aromatic nitrogens is 1. The van der Waals surface area contributed by atoms with Gasteiger partial charge in [-0.25, -0.2) is 0 Å². The van der Waals surface area contributed by atoms with Crippen molar-refractivity contribution in [2.24, 2.45) is 22.2 Å². The zero-order valence-electron chi connectivity index (χ0n) is 36.8. The average molecular weight is 900 g/mol. The van der Waals surface area contributed by atoms with Crippen LogP contribution >= 0.6 is 0 Å². The van der Waals surface area contributed by atoms with Gasteiger partial charge >= 0.3 is 0 Å². The fourth-order valence-corrected chi connectivity index (χ4v) is 7.47. The van der Waals surface area contributed by atoms with Crippen LogP contribution in [-0.2, 0) is 56.0 Å². The number of hydrogen-bond donors (Lipinski definition) is 10. The van der Waals surface area contributed by atoms with E-state index in [9.17, 15) is 43.2 Å². The summed E-state index contributed by atoms with van der Waals surface area (Å²) >= 11 is 0. The molecule has 3 aromatic rings. The van der Waals surface area contributed by atoms with E-state index in [0.29, 0.717) is 24.0 Å². The first-order valence-corrected chi connectivity index (χ1v) is 21.7. The van der Waals surface area contributed by atoms with Crippen LogP contribution in [0.25, 0.3) is 10.9 Å². The number of ketones is 2. The van der Waals surface area contributed by atoms with Crippen molar-refractivity contribution in [1.82, 2.24) is 36.9 Å². The van der Waals surface area contributed by atoms with Gasteiger partial charge in [0.2, 0.25) is 41.4 Å². The summed E-state index contributed by atoms with van der Waals surface area (Å²) in [6.45, 7) is 2.60. The lowest BCUT2D eigenvalue weighted by Gasteiger charge is -2.27. The van der Waals surface area contributed by atoms with E-state index in [2.05, 4.69) is 41.9 Å². The van der Waals surface area contributed by atoms with Gasteiger partial charge in [0.15, 0.2) is 11.7 Å². The molecule has 0 unspecified atom stereocenters. The highest BCUT2D eigenvalue weighted by Crippen LogP contribution is 2.20. The monoisotopic (exact) mass is 899 g/mol. The number of nitrogens with one attached hydrogen (secondary N) is 7. The number of aliphatic imine (C=N–C) groups is 1. The highest BCUT2D eigenvalue weighted by atomic mass is 16.2. The second-order valence-corrected chi connectivity index (χ2v) is 16.2. The minimum atomic E-state index is -1.44. The van der Waals surface area contributed by atoms with E-state index in [1.54, 1.807) is 36.5 Å². The van der Waals surface area contributed by atoms with Crippen LogP contribution in [0.15, 0.2) is 65.8 Å². The molecular formula is C45H61N11O9. The molecule has 1 aliphatic heterocycles. The van der Waals surface area contributed by atoms with Gasteiger partial charge in [0, 0.05) is 62.7 Å². The minimum Gasteiger partial charge on any atom is -0.370 e. The van der Waals surface area contributed by atoms with Gasteiger partial charge in [0.05, 0.1) is 6.04 Å². The van der Waals surface area contributed by atoms with E-state index in [-0.39, 0.29) is 88.3 Å². The molecule has 20 heteroatoms. The molecule has 1 aliphatic rings. The van der Waals surface area contributed by atoms with Gasteiger partial charge < -0.3 is 54.1 Å². The molecule has 0 radical (unpaired) electrons. The third-order valence-electron chi connectivity index (χ3n) is 10.9.